The van der Waals surface area contributed by atoms with E-state index < -0.39 is 0 Å². The van der Waals surface area contributed by atoms with Crippen LogP contribution in [-0.2, 0) is 11.2 Å². The number of aryl methyl sites for hydroxylation is 1. The van der Waals surface area contributed by atoms with E-state index in [1.54, 1.807) is 17.0 Å². The van der Waals surface area contributed by atoms with Gasteiger partial charge in [0.05, 0.1) is 6.26 Å². The Labute approximate surface area is 148 Å². The van der Waals surface area contributed by atoms with E-state index in [1.807, 2.05) is 12.1 Å². The largest absolute Gasteiger partial charge is 0.459 e. The summed E-state index contributed by atoms with van der Waals surface area (Å²) in [6.07, 6.45) is 3.74. The summed E-state index contributed by atoms with van der Waals surface area (Å²) in [7, 11) is 0. The maximum atomic E-state index is 12.3. The molecule has 1 N–H and O–H groups in total. The summed E-state index contributed by atoms with van der Waals surface area (Å²) < 4.78 is 5.16. The number of benzene rings is 1. The topological polar surface area (TPSA) is 62.6 Å². The van der Waals surface area contributed by atoms with E-state index in [1.165, 1.54) is 17.4 Å². The fourth-order valence-electron chi connectivity index (χ4n) is 3.26. The highest BCUT2D eigenvalue weighted by Gasteiger charge is 2.28. The van der Waals surface area contributed by atoms with Crippen molar-refractivity contribution in [2.45, 2.75) is 26.2 Å². The molecule has 0 saturated carbocycles. The third kappa shape index (κ3) is 4.29. The van der Waals surface area contributed by atoms with E-state index in [-0.39, 0.29) is 17.7 Å². The molecule has 2 heterocycles. The highest BCUT2D eigenvalue weighted by Crippen LogP contribution is 2.19. The Morgan fingerprint density at radius 2 is 1.92 bits per heavy atom. The zero-order chi connectivity index (χ0) is 17.6. The van der Waals surface area contributed by atoms with E-state index in [4.69, 9.17) is 4.42 Å². The smallest absolute Gasteiger partial charge is 0.289 e. The number of likely N-dealkylation sites (tertiary alicyclic amines) is 1. The van der Waals surface area contributed by atoms with Crippen molar-refractivity contribution in [3.63, 3.8) is 0 Å². The standard InChI is InChI=1S/C20H24N2O3/c1-15-5-2-3-6-16(15)8-11-21-19(23)17-9-12-22(13-10-17)20(24)18-7-4-14-25-18/h2-7,14,17H,8-13H2,1H3,(H,21,23). The summed E-state index contributed by atoms with van der Waals surface area (Å²) in [5, 5.41) is 3.04. The van der Waals surface area contributed by atoms with E-state index >= 15 is 0 Å². The van der Waals surface area contributed by atoms with Crippen LogP contribution in [-0.4, -0.2) is 36.3 Å². The second-order valence-corrected chi connectivity index (χ2v) is 6.51. The van der Waals surface area contributed by atoms with Gasteiger partial charge in [-0.3, -0.25) is 9.59 Å². The first-order chi connectivity index (χ1) is 12.1. The molecular weight excluding hydrogens is 316 g/mol. The molecule has 0 spiro atoms. The van der Waals surface area contributed by atoms with Crippen molar-refractivity contribution in [3.05, 3.63) is 59.5 Å². The highest BCUT2D eigenvalue weighted by molar-refractivity contribution is 5.91. The van der Waals surface area contributed by atoms with Gasteiger partial charge in [0.25, 0.3) is 5.91 Å². The lowest BCUT2D eigenvalue weighted by Crippen LogP contribution is -2.43. The summed E-state index contributed by atoms with van der Waals surface area (Å²) >= 11 is 0. The van der Waals surface area contributed by atoms with Crippen molar-refractivity contribution in [3.8, 4) is 0 Å². The molecule has 1 fully saturated rings. The molecule has 132 valence electrons. The Hall–Kier alpha value is -2.56. The maximum absolute atomic E-state index is 12.3. The van der Waals surface area contributed by atoms with Gasteiger partial charge >= 0.3 is 0 Å². The van der Waals surface area contributed by atoms with Crippen LogP contribution >= 0.6 is 0 Å². The molecule has 3 rings (SSSR count). The number of hydrogen-bond donors (Lipinski definition) is 1. The Balaban J connectivity index is 1.42. The van der Waals surface area contributed by atoms with Gasteiger partial charge in [-0.1, -0.05) is 24.3 Å². The van der Waals surface area contributed by atoms with Gasteiger partial charge in [0.1, 0.15) is 0 Å². The molecule has 5 nitrogen and oxygen atoms in total. The molecule has 1 aromatic heterocycles. The number of nitrogens with one attached hydrogen (secondary N) is 1. The van der Waals surface area contributed by atoms with Crippen LogP contribution in [0.25, 0.3) is 0 Å². The van der Waals surface area contributed by atoms with Gasteiger partial charge in [-0.2, -0.15) is 0 Å². The molecule has 25 heavy (non-hydrogen) atoms. The van der Waals surface area contributed by atoms with Crippen molar-refractivity contribution in [1.29, 1.82) is 0 Å². The average molecular weight is 340 g/mol. The average Bonchev–Trinajstić information content (AvgIpc) is 3.17. The van der Waals surface area contributed by atoms with Crippen LogP contribution in [0.3, 0.4) is 0 Å². The monoisotopic (exact) mass is 340 g/mol. The molecular formula is C20H24N2O3. The van der Waals surface area contributed by atoms with E-state index in [0.29, 0.717) is 38.2 Å². The van der Waals surface area contributed by atoms with Crippen molar-refractivity contribution >= 4 is 11.8 Å². The van der Waals surface area contributed by atoms with Crippen LogP contribution in [0.2, 0.25) is 0 Å². The fourth-order valence-corrected chi connectivity index (χ4v) is 3.26. The minimum Gasteiger partial charge on any atom is -0.459 e. The Bertz CT molecular complexity index is 716. The van der Waals surface area contributed by atoms with Gasteiger partial charge in [-0.25, -0.2) is 0 Å². The van der Waals surface area contributed by atoms with E-state index in [2.05, 4.69) is 24.4 Å². The lowest BCUT2D eigenvalue weighted by atomic mass is 9.95. The Morgan fingerprint density at radius 1 is 1.16 bits per heavy atom. The fraction of sp³-hybridized carbons (Fsp3) is 0.400. The minimum atomic E-state index is -0.0941. The number of rotatable bonds is 5. The predicted molar refractivity (Wildman–Crippen MR) is 95.2 cm³/mol. The number of furan rings is 1. The first-order valence-corrected chi connectivity index (χ1v) is 8.80. The number of carbonyl (C=O) groups is 2. The van der Waals surface area contributed by atoms with Crippen molar-refractivity contribution in [2.24, 2.45) is 5.92 Å². The molecule has 1 aliphatic rings. The second kappa shape index (κ2) is 8.01. The summed E-state index contributed by atoms with van der Waals surface area (Å²) in [6, 6.07) is 11.6. The molecule has 0 atom stereocenters. The molecule has 0 unspecified atom stereocenters. The molecule has 2 amide bonds. The second-order valence-electron chi connectivity index (χ2n) is 6.51. The van der Waals surface area contributed by atoms with Crippen LogP contribution in [0.1, 0.15) is 34.5 Å². The van der Waals surface area contributed by atoms with Crippen LogP contribution in [0, 0.1) is 12.8 Å². The predicted octanol–water partition coefficient (Wildman–Crippen LogP) is 2.80. The van der Waals surface area contributed by atoms with Crippen molar-refractivity contribution in [2.75, 3.05) is 19.6 Å². The van der Waals surface area contributed by atoms with Gasteiger partial charge in [0, 0.05) is 25.6 Å². The quantitative estimate of drug-likeness (QED) is 0.910. The van der Waals surface area contributed by atoms with Crippen LogP contribution in [0.5, 0.6) is 0 Å². The third-order valence-corrected chi connectivity index (χ3v) is 4.84. The third-order valence-electron chi connectivity index (χ3n) is 4.84. The van der Waals surface area contributed by atoms with Gasteiger partial charge in [0.2, 0.25) is 5.91 Å². The SMILES string of the molecule is Cc1ccccc1CCNC(=O)C1CCN(C(=O)c2ccco2)CC1. The molecule has 1 aliphatic heterocycles. The van der Waals surface area contributed by atoms with Gasteiger partial charge in [-0.15, -0.1) is 0 Å². The van der Waals surface area contributed by atoms with Crippen LogP contribution in [0.15, 0.2) is 47.1 Å². The summed E-state index contributed by atoms with van der Waals surface area (Å²) in [6.45, 7) is 3.92. The molecule has 0 radical (unpaired) electrons. The number of hydrogen-bond acceptors (Lipinski definition) is 3. The van der Waals surface area contributed by atoms with Gasteiger partial charge in [-0.05, 0) is 49.4 Å². The zero-order valence-corrected chi connectivity index (χ0v) is 14.5. The normalized spacial score (nSPS) is 15.2. The number of amides is 2. The molecule has 0 bridgehead atoms. The molecule has 1 saturated heterocycles. The summed E-state index contributed by atoms with van der Waals surface area (Å²) in [5.41, 5.74) is 2.52. The number of piperidine rings is 1. The first kappa shape index (κ1) is 17.3. The molecule has 1 aromatic carbocycles. The lowest BCUT2D eigenvalue weighted by molar-refractivity contribution is -0.126. The maximum Gasteiger partial charge on any atom is 0.289 e. The van der Waals surface area contributed by atoms with Gasteiger partial charge < -0.3 is 14.6 Å². The summed E-state index contributed by atoms with van der Waals surface area (Å²) in [4.78, 5) is 26.3. The Kier molecular flexibility index (Phi) is 5.53. The van der Waals surface area contributed by atoms with Crippen molar-refractivity contribution < 1.29 is 14.0 Å². The lowest BCUT2D eigenvalue weighted by Gasteiger charge is -2.30. The van der Waals surface area contributed by atoms with Gasteiger partial charge in [0.15, 0.2) is 5.76 Å². The molecule has 0 aliphatic carbocycles. The summed E-state index contributed by atoms with van der Waals surface area (Å²) in [5.74, 6) is 0.348. The molecule has 5 heteroatoms. The first-order valence-electron chi connectivity index (χ1n) is 8.80. The molecule has 2 aromatic rings. The highest BCUT2D eigenvalue weighted by atomic mass is 16.3. The van der Waals surface area contributed by atoms with E-state index in [0.717, 1.165) is 6.42 Å². The zero-order valence-electron chi connectivity index (χ0n) is 14.5. The number of nitrogens with zero attached hydrogens (tertiary/aromatic N) is 1. The van der Waals surface area contributed by atoms with Crippen molar-refractivity contribution in [1.82, 2.24) is 10.2 Å². The van der Waals surface area contributed by atoms with Crippen LogP contribution in [0.4, 0.5) is 0 Å². The number of carbonyl (C=O) groups excluding carboxylic acids is 2. The minimum absolute atomic E-state index is 0.0162. The van der Waals surface area contributed by atoms with E-state index in [9.17, 15) is 9.59 Å². The van der Waals surface area contributed by atoms with Crippen LogP contribution < -0.4 is 5.32 Å². The Morgan fingerprint density at radius 3 is 2.60 bits per heavy atom.